The predicted octanol–water partition coefficient (Wildman–Crippen LogP) is 2.09. The summed E-state index contributed by atoms with van der Waals surface area (Å²) in [6, 6.07) is 4.05. The molecule has 2 aromatic rings. The van der Waals surface area contributed by atoms with Gasteiger partial charge in [-0.2, -0.15) is 0 Å². The lowest BCUT2D eigenvalue weighted by atomic mass is 9.97. The molecule has 1 aliphatic rings. The molecule has 1 amide bonds. The Morgan fingerprint density at radius 1 is 1.50 bits per heavy atom. The largest absolute Gasteiger partial charge is 0.350 e. The summed E-state index contributed by atoms with van der Waals surface area (Å²) < 4.78 is 2.08. The van der Waals surface area contributed by atoms with E-state index in [2.05, 4.69) is 25.0 Å². The van der Waals surface area contributed by atoms with Crippen LogP contribution in [0.1, 0.15) is 29.5 Å². The van der Waals surface area contributed by atoms with Gasteiger partial charge >= 0.3 is 0 Å². The highest BCUT2D eigenvalue weighted by Gasteiger charge is 2.26. The van der Waals surface area contributed by atoms with E-state index in [0.29, 0.717) is 19.0 Å². The van der Waals surface area contributed by atoms with Crippen LogP contribution in [0.4, 0.5) is 0 Å². The van der Waals surface area contributed by atoms with Gasteiger partial charge in [0.2, 0.25) is 5.91 Å². The second kappa shape index (κ2) is 8.13. The number of amides is 1. The first-order valence-electron chi connectivity index (χ1n) is 8.12. The van der Waals surface area contributed by atoms with Crippen LogP contribution in [0.3, 0.4) is 0 Å². The van der Waals surface area contributed by atoms with Crippen molar-refractivity contribution < 1.29 is 4.79 Å². The minimum atomic E-state index is 0.0896. The molecule has 0 spiro atoms. The maximum absolute atomic E-state index is 12.2. The Morgan fingerprint density at radius 3 is 3.08 bits per heavy atom. The van der Waals surface area contributed by atoms with Crippen LogP contribution in [-0.2, 0) is 18.4 Å². The summed E-state index contributed by atoms with van der Waals surface area (Å²) in [4.78, 5) is 15.6. The van der Waals surface area contributed by atoms with Crippen LogP contribution in [0.15, 0.2) is 22.7 Å². The molecule has 0 aliphatic carbocycles. The van der Waals surface area contributed by atoms with E-state index in [0.717, 1.165) is 36.9 Å². The van der Waals surface area contributed by atoms with Gasteiger partial charge in [0.05, 0.1) is 13.1 Å². The van der Waals surface area contributed by atoms with Gasteiger partial charge < -0.3 is 9.88 Å². The molecule has 0 aromatic carbocycles. The van der Waals surface area contributed by atoms with E-state index < -0.39 is 0 Å². The Morgan fingerprint density at radius 2 is 2.38 bits per heavy atom. The van der Waals surface area contributed by atoms with Gasteiger partial charge in [0.1, 0.15) is 5.82 Å². The van der Waals surface area contributed by atoms with Gasteiger partial charge in [0.25, 0.3) is 0 Å². The third-order valence-corrected chi connectivity index (χ3v) is 5.93. The molecule has 8 heteroatoms. The van der Waals surface area contributed by atoms with Crippen molar-refractivity contribution in [2.24, 2.45) is 7.05 Å². The molecule has 0 unspecified atom stereocenters. The van der Waals surface area contributed by atoms with Gasteiger partial charge in [-0.05, 0) is 37.1 Å². The number of nitrogens with zero attached hydrogens (tertiary/aromatic N) is 4. The average molecular weight is 366 g/mol. The van der Waals surface area contributed by atoms with Crippen LogP contribution in [0.25, 0.3) is 0 Å². The van der Waals surface area contributed by atoms with Crippen LogP contribution in [0.5, 0.6) is 0 Å². The molecule has 1 saturated heterocycles. The molecule has 1 aliphatic heterocycles. The van der Waals surface area contributed by atoms with Gasteiger partial charge in [-0.15, -0.1) is 21.5 Å². The zero-order chi connectivity index (χ0) is 16.9. The Labute approximate surface area is 150 Å². The summed E-state index contributed by atoms with van der Waals surface area (Å²) >= 11 is 3.28. The van der Waals surface area contributed by atoms with E-state index in [1.807, 2.05) is 30.8 Å². The van der Waals surface area contributed by atoms with Crippen molar-refractivity contribution in [1.82, 2.24) is 25.0 Å². The number of nitrogens with one attached hydrogen (secondary N) is 1. The summed E-state index contributed by atoms with van der Waals surface area (Å²) in [6.07, 6.45) is 4.21. The second-order valence-corrected chi connectivity index (χ2v) is 7.84. The molecule has 1 N–H and O–H groups in total. The summed E-state index contributed by atoms with van der Waals surface area (Å²) in [5, 5.41) is 14.6. The predicted molar refractivity (Wildman–Crippen MR) is 97.4 cm³/mol. The molecule has 2 aromatic heterocycles. The standard InChI is InChI=1S/C16H23N5OS2/c1-20-15(18-19-16(20)23-2)12-5-3-7-21(10-12)11-14(22)17-9-13-6-4-8-24-13/h4,6,8,12H,3,5,7,9-11H2,1-2H3,(H,17,22)/t12-/m1/s1. The smallest absolute Gasteiger partial charge is 0.234 e. The molecular weight excluding hydrogens is 342 g/mol. The molecule has 24 heavy (non-hydrogen) atoms. The molecule has 130 valence electrons. The van der Waals surface area contributed by atoms with Crippen molar-refractivity contribution >= 4 is 29.0 Å². The zero-order valence-electron chi connectivity index (χ0n) is 14.1. The Hall–Kier alpha value is -1.38. The van der Waals surface area contributed by atoms with E-state index >= 15 is 0 Å². The monoisotopic (exact) mass is 365 g/mol. The number of hydrogen-bond donors (Lipinski definition) is 1. The van der Waals surface area contributed by atoms with E-state index in [9.17, 15) is 4.79 Å². The first-order valence-corrected chi connectivity index (χ1v) is 10.2. The number of hydrogen-bond acceptors (Lipinski definition) is 6. The lowest BCUT2D eigenvalue weighted by molar-refractivity contribution is -0.122. The number of carbonyl (C=O) groups excluding carboxylic acids is 1. The molecular formula is C16H23N5OS2. The van der Waals surface area contributed by atoms with E-state index in [1.54, 1.807) is 23.1 Å². The fourth-order valence-corrected chi connectivity index (χ4v) is 4.26. The Balaban J connectivity index is 1.53. The Bertz CT molecular complexity index is 670. The van der Waals surface area contributed by atoms with E-state index in [-0.39, 0.29) is 5.91 Å². The molecule has 0 saturated carbocycles. The second-order valence-electron chi connectivity index (χ2n) is 6.03. The van der Waals surface area contributed by atoms with Crippen molar-refractivity contribution in [3.63, 3.8) is 0 Å². The molecule has 1 fully saturated rings. The van der Waals surface area contributed by atoms with Crippen LogP contribution < -0.4 is 5.32 Å². The Kier molecular flexibility index (Phi) is 5.91. The molecule has 6 nitrogen and oxygen atoms in total. The van der Waals surface area contributed by atoms with Gasteiger partial charge in [-0.3, -0.25) is 9.69 Å². The van der Waals surface area contributed by atoms with E-state index in [4.69, 9.17) is 0 Å². The minimum absolute atomic E-state index is 0.0896. The number of carbonyl (C=O) groups is 1. The fraction of sp³-hybridized carbons (Fsp3) is 0.562. The fourth-order valence-electron chi connectivity index (χ4n) is 3.13. The SMILES string of the molecule is CSc1nnc([C@@H]2CCCN(CC(=O)NCc3cccs3)C2)n1C. The highest BCUT2D eigenvalue weighted by Crippen LogP contribution is 2.27. The zero-order valence-corrected chi connectivity index (χ0v) is 15.7. The van der Waals surface area contributed by atoms with Gasteiger partial charge in [0.15, 0.2) is 5.16 Å². The maximum atomic E-state index is 12.2. The van der Waals surface area contributed by atoms with Crippen molar-refractivity contribution in [3.8, 4) is 0 Å². The highest BCUT2D eigenvalue weighted by molar-refractivity contribution is 7.98. The normalized spacial score (nSPS) is 18.7. The van der Waals surface area contributed by atoms with Crippen molar-refractivity contribution in [2.45, 2.75) is 30.5 Å². The van der Waals surface area contributed by atoms with Gasteiger partial charge in [-0.1, -0.05) is 17.8 Å². The average Bonchev–Trinajstić information content (AvgIpc) is 3.22. The van der Waals surface area contributed by atoms with Crippen LogP contribution in [0.2, 0.25) is 0 Å². The summed E-state index contributed by atoms with van der Waals surface area (Å²) in [5.41, 5.74) is 0. The van der Waals surface area contributed by atoms with Crippen LogP contribution >= 0.6 is 23.1 Å². The highest BCUT2D eigenvalue weighted by atomic mass is 32.2. The maximum Gasteiger partial charge on any atom is 0.234 e. The first kappa shape index (κ1) is 17.4. The molecule has 3 rings (SSSR count). The lowest BCUT2D eigenvalue weighted by Crippen LogP contribution is -2.42. The van der Waals surface area contributed by atoms with E-state index in [1.165, 1.54) is 4.88 Å². The third-order valence-electron chi connectivity index (χ3n) is 4.33. The summed E-state index contributed by atoms with van der Waals surface area (Å²) in [7, 11) is 2.02. The number of aromatic nitrogens is 3. The summed E-state index contributed by atoms with van der Waals surface area (Å²) in [5.74, 6) is 1.47. The quantitative estimate of drug-likeness (QED) is 0.794. The number of likely N-dealkylation sites (tertiary alicyclic amines) is 1. The number of thioether (sulfide) groups is 1. The molecule has 1 atom stereocenters. The van der Waals surface area contributed by atoms with Crippen molar-refractivity contribution in [1.29, 1.82) is 0 Å². The van der Waals surface area contributed by atoms with Crippen molar-refractivity contribution in [3.05, 3.63) is 28.2 Å². The minimum Gasteiger partial charge on any atom is -0.350 e. The molecule has 0 radical (unpaired) electrons. The number of rotatable bonds is 6. The topological polar surface area (TPSA) is 63.1 Å². The molecule has 3 heterocycles. The number of piperidine rings is 1. The van der Waals surface area contributed by atoms with Gasteiger partial charge in [-0.25, -0.2) is 0 Å². The lowest BCUT2D eigenvalue weighted by Gasteiger charge is -2.31. The molecule has 0 bridgehead atoms. The van der Waals surface area contributed by atoms with Crippen molar-refractivity contribution in [2.75, 3.05) is 25.9 Å². The summed E-state index contributed by atoms with van der Waals surface area (Å²) in [6.45, 7) is 2.91. The number of thiophene rings is 1. The third kappa shape index (κ3) is 4.17. The van der Waals surface area contributed by atoms with Gasteiger partial charge in [0, 0.05) is 24.4 Å². The van der Waals surface area contributed by atoms with Crippen LogP contribution in [-0.4, -0.2) is 51.5 Å². The van der Waals surface area contributed by atoms with Crippen LogP contribution in [0, 0.1) is 0 Å². The first-order chi connectivity index (χ1) is 11.7.